The number of imidazole rings is 1. The Morgan fingerprint density at radius 3 is 2.88 bits per heavy atom. The van der Waals surface area contributed by atoms with Gasteiger partial charge in [0, 0.05) is 18.8 Å². The number of pyridine rings is 1. The fourth-order valence-corrected chi connectivity index (χ4v) is 1.89. The Morgan fingerprint density at radius 1 is 1.18 bits per heavy atom. The molecule has 0 amide bonds. The number of para-hydroxylation sites is 1. The number of rotatable bonds is 2. The van der Waals surface area contributed by atoms with Gasteiger partial charge in [-0.2, -0.15) is 0 Å². The molecule has 3 rings (SSSR count). The molecular formula is C13H12N4. The van der Waals surface area contributed by atoms with Crippen molar-refractivity contribution in [3.05, 3.63) is 54.1 Å². The number of hydrogen-bond donors (Lipinski definition) is 2. The minimum atomic E-state index is 0.705. The van der Waals surface area contributed by atoms with Crippen molar-refractivity contribution in [2.75, 3.05) is 5.73 Å². The molecular weight excluding hydrogens is 212 g/mol. The molecule has 2 aromatic heterocycles. The minimum Gasteiger partial charge on any atom is -0.397 e. The molecule has 0 atom stereocenters. The number of nitrogens with one attached hydrogen (secondary N) is 1. The van der Waals surface area contributed by atoms with Crippen LogP contribution < -0.4 is 5.73 Å². The summed E-state index contributed by atoms with van der Waals surface area (Å²) in [6, 6.07) is 9.71. The van der Waals surface area contributed by atoms with E-state index in [0.717, 1.165) is 28.8 Å². The number of benzene rings is 1. The molecule has 0 saturated heterocycles. The maximum Gasteiger partial charge on any atom is 0.111 e. The van der Waals surface area contributed by atoms with Gasteiger partial charge in [0.1, 0.15) is 11.3 Å². The van der Waals surface area contributed by atoms with E-state index in [9.17, 15) is 0 Å². The van der Waals surface area contributed by atoms with Gasteiger partial charge in [-0.25, -0.2) is 4.98 Å². The van der Waals surface area contributed by atoms with Crippen LogP contribution in [-0.2, 0) is 6.42 Å². The van der Waals surface area contributed by atoms with Crippen molar-refractivity contribution in [3.63, 3.8) is 0 Å². The first-order valence-electron chi connectivity index (χ1n) is 5.45. The zero-order chi connectivity index (χ0) is 11.7. The fourth-order valence-electron chi connectivity index (χ4n) is 1.89. The molecule has 0 unspecified atom stereocenters. The number of hydrogen-bond acceptors (Lipinski definition) is 3. The van der Waals surface area contributed by atoms with Crippen LogP contribution in [0.1, 0.15) is 11.4 Å². The predicted molar refractivity (Wildman–Crippen MR) is 67.5 cm³/mol. The molecule has 17 heavy (non-hydrogen) atoms. The van der Waals surface area contributed by atoms with Crippen LogP contribution in [0.5, 0.6) is 0 Å². The zero-order valence-corrected chi connectivity index (χ0v) is 9.22. The molecule has 84 valence electrons. The van der Waals surface area contributed by atoms with E-state index in [1.54, 1.807) is 6.20 Å². The number of aromatic amines is 1. The first kappa shape index (κ1) is 9.84. The second-order valence-corrected chi connectivity index (χ2v) is 3.96. The van der Waals surface area contributed by atoms with E-state index in [1.807, 2.05) is 36.5 Å². The van der Waals surface area contributed by atoms with Crippen molar-refractivity contribution >= 4 is 16.7 Å². The summed E-state index contributed by atoms with van der Waals surface area (Å²) < 4.78 is 0. The summed E-state index contributed by atoms with van der Waals surface area (Å²) >= 11 is 0. The van der Waals surface area contributed by atoms with Crippen molar-refractivity contribution < 1.29 is 0 Å². The Balaban J connectivity index is 1.99. The molecule has 0 fully saturated rings. The van der Waals surface area contributed by atoms with Gasteiger partial charge in [-0.1, -0.05) is 12.1 Å². The van der Waals surface area contributed by atoms with E-state index in [-0.39, 0.29) is 0 Å². The topological polar surface area (TPSA) is 67.6 Å². The summed E-state index contributed by atoms with van der Waals surface area (Å²) in [5.74, 6) is 0.908. The van der Waals surface area contributed by atoms with Crippen LogP contribution in [0.2, 0.25) is 0 Å². The van der Waals surface area contributed by atoms with E-state index >= 15 is 0 Å². The highest BCUT2D eigenvalue weighted by atomic mass is 14.9. The standard InChI is InChI=1S/C13H12N4/c14-10-4-1-5-11-13(10)17-12(16-11)7-9-3-2-6-15-8-9/h1-6,8H,7,14H2,(H,16,17). The minimum absolute atomic E-state index is 0.705. The molecule has 3 N–H and O–H groups in total. The number of nitrogens with two attached hydrogens (primary N) is 1. The maximum atomic E-state index is 5.87. The SMILES string of the molecule is Nc1cccc2[nH]c(Cc3cccnc3)nc12. The predicted octanol–water partition coefficient (Wildman–Crippen LogP) is 2.13. The fraction of sp³-hybridized carbons (Fsp3) is 0.0769. The lowest BCUT2D eigenvalue weighted by molar-refractivity contribution is 1.03. The molecule has 4 nitrogen and oxygen atoms in total. The summed E-state index contributed by atoms with van der Waals surface area (Å²) in [6.07, 6.45) is 4.35. The molecule has 0 aliphatic rings. The highest BCUT2D eigenvalue weighted by molar-refractivity contribution is 5.86. The summed E-state index contributed by atoms with van der Waals surface area (Å²) in [6.45, 7) is 0. The average molecular weight is 224 g/mol. The normalized spacial score (nSPS) is 10.8. The molecule has 3 aromatic rings. The summed E-state index contributed by atoms with van der Waals surface area (Å²) in [5, 5.41) is 0. The summed E-state index contributed by atoms with van der Waals surface area (Å²) in [4.78, 5) is 11.9. The first-order valence-corrected chi connectivity index (χ1v) is 5.45. The Morgan fingerprint density at radius 2 is 2.12 bits per heavy atom. The van der Waals surface area contributed by atoms with Gasteiger partial charge in [-0.3, -0.25) is 4.98 Å². The van der Waals surface area contributed by atoms with Crippen molar-refractivity contribution in [1.29, 1.82) is 0 Å². The second-order valence-electron chi connectivity index (χ2n) is 3.96. The molecule has 4 heteroatoms. The van der Waals surface area contributed by atoms with Crippen LogP contribution in [0.25, 0.3) is 11.0 Å². The van der Waals surface area contributed by atoms with Crippen LogP contribution in [0.15, 0.2) is 42.7 Å². The van der Waals surface area contributed by atoms with Crippen LogP contribution in [0.3, 0.4) is 0 Å². The van der Waals surface area contributed by atoms with Crippen LogP contribution in [-0.4, -0.2) is 15.0 Å². The van der Waals surface area contributed by atoms with Gasteiger partial charge in [-0.15, -0.1) is 0 Å². The van der Waals surface area contributed by atoms with Crippen LogP contribution in [0.4, 0.5) is 5.69 Å². The second kappa shape index (κ2) is 3.90. The number of nitrogen functional groups attached to an aromatic ring is 1. The molecule has 1 aromatic carbocycles. The average Bonchev–Trinajstić information content (AvgIpc) is 2.74. The van der Waals surface area contributed by atoms with Gasteiger partial charge in [-0.05, 0) is 23.8 Å². The molecule has 0 bridgehead atoms. The molecule has 0 saturated carbocycles. The third-order valence-corrected chi connectivity index (χ3v) is 2.69. The molecule has 0 spiro atoms. The van der Waals surface area contributed by atoms with Crippen molar-refractivity contribution in [3.8, 4) is 0 Å². The Bertz CT molecular complexity index is 643. The Labute approximate surface area is 98.5 Å². The lowest BCUT2D eigenvalue weighted by Crippen LogP contribution is -1.91. The number of H-pyrrole nitrogens is 1. The van der Waals surface area contributed by atoms with Gasteiger partial charge in [0.2, 0.25) is 0 Å². The lowest BCUT2D eigenvalue weighted by Gasteiger charge is -1.95. The zero-order valence-electron chi connectivity index (χ0n) is 9.22. The number of anilines is 1. The Hall–Kier alpha value is -2.36. The number of nitrogens with zero attached hydrogens (tertiary/aromatic N) is 2. The molecule has 0 aliphatic carbocycles. The molecule has 2 heterocycles. The van der Waals surface area contributed by atoms with Crippen molar-refractivity contribution in [2.45, 2.75) is 6.42 Å². The third-order valence-electron chi connectivity index (χ3n) is 2.69. The summed E-state index contributed by atoms with van der Waals surface area (Å²) in [7, 11) is 0. The smallest absolute Gasteiger partial charge is 0.111 e. The van der Waals surface area contributed by atoms with E-state index in [0.29, 0.717) is 5.69 Å². The van der Waals surface area contributed by atoms with Crippen molar-refractivity contribution in [1.82, 2.24) is 15.0 Å². The van der Waals surface area contributed by atoms with E-state index < -0.39 is 0 Å². The maximum absolute atomic E-state index is 5.87. The van der Waals surface area contributed by atoms with Crippen LogP contribution >= 0.6 is 0 Å². The third kappa shape index (κ3) is 1.85. The van der Waals surface area contributed by atoms with Gasteiger partial charge in [0.05, 0.1) is 11.2 Å². The highest BCUT2D eigenvalue weighted by Gasteiger charge is 2.05. The van der Waals surface area contributed by atoms with E-state index in [4.69, 9.17) is 5.73 Å². The van der Waals surface area contributed by atoms with Crippen molar-refractivity contribution in [2.24, 2.45) is 0 Å². The van der Waals surface area contributed by atoms with E-state index in [2.05, 4.69) is 15.0 Å². The van der Waals surface area contributed by atoms with Gasteiger partial charge < -0.3 is 10.7 Å². The summed E-state index contributed by atoms with van der Waals surface area (Å²) in [5.41, 5.74) is 9.52. The first-order chi connectivity index (χ1) is 8.33. The Kier molecular flexibility index (Phi) is 2.26. The quantitative estimate of drug-likeness (QED) is 0.655. The molecule has 0 radical (unpaired) electrons. The van der Waals surface area contributed by atoms with Crippen LogP contribution in [0, 0.1) is 0 Å². The number of fused-ring (bicyclic) bond motifs is 1. The number of aromatic nitrogens is 3. The monoisotopic (exact) mass is 224 g/mol. The van der Waals surface area contributed by atoms with E-state index in [1.165, 1.54) is 0 Å². The van der Waals surface area contributed by atoms with Gasteiger partial charge in [0.15, 0.2) is 0 Å². The highest BCUT2D eigenvalue weighted by Crippen LogP contribution is 2.19. The lowest BCUT2D eigenvalue weighted by atomic mass is 10.2. The molecule has 0 aliphatic heterocycles. The largest absolute Gasteiger partial charge is 0.397 e. The van der Waals surface area contributed by atoms with Gasteiger partial charge in [0.25, 0.3) is 0 Å². The van der Waals surface area contributed by atoms with Gasteiger partial charge >= 0.3 is 0 Å².